The first-order valence-electron chi connectivity index (χ1n) is 12.6. The number of aryl methyl sites for hydroxylation is 1. The van der Waals surface area contributed by atoms with E-state index in [-0.39, 0.29) is 17.0 Å². The maximum atomic E-state index is 4.88. The van der Waals surface area contributed by atoms with Gasteiger partial charge in [0.15, 0.2) is 0 Å². The molecular weight excluding hydrogens is 498 g/mol. The van der Waals surface area contributed by atoms with Gasteiger partial charge in [-0.1, -0.05) is 56.3 Å². The molecule has 0 bridgehead atoms. The summed E-state index contributed by atoms with van der Waals surface area (Å²) in [7, 11) is 0. The van der Waals surface area contributed by atoms with Crippen molar-refractivity contribution in [3.63, 3.8) is 0 Å². The molecule has 5 rings (SSSR count). The molecule has 1 unspecified atom stereocenters. The molecular formula is C29H36BrN5. The molecule has 2 aromatic carbocycles. The summed E-state index contributed by atoms with van der Waals surface area (Å²) in [6.07, 6.45) is 5.38. The van der Waals surface area contributed by atoms with Crippen molar-refractivity contribution in [2.45, 2.75) is 58.8 Å². The van der Waals surface area contributed by atoms with E-state index in [1.54, 1.807) is 0 Å². The number of H-pyrrole nitrogens is 1. The minimum absolute atomic E-state index is 0. The van der Waals surface area contributed by atoms with Crippen molar-refractivity contribution in [3.05, 3.63) is 95.1 Å². The fourth-order valence-corrected chi connectivity index (χ4v) is 4.99. The number of aromatic nitrogens is 3. The number of aromatic amines is 1. The summed E-state index contributed by atoms with van der Waals surface area (Å²) in [5, 5.41) is 3.54. The molecule has 4 aromatic rings. The highest BCUT2D eigenvalue weighted by atomic mass is 79.9. The van der Waals surface area contributed by atoms with Gasteiger partial charge in [-0.25, -0.2) is 4.98 Å². The number of para-hydroxylation sites is 2. The Labute approximate surface area is 219 Å². The highest BCUT2D eigenvalue weighted by molar-refractivity contribution is 8.93. The average Bonchev–Trinajstić information content (AvgIpc) is 3.26. The van der Waals surface area contributed by atoms with Crippen LogP contribution in [-0.2, 0) is 26.1 Å². The second kappa shape index (κ2) is 11.9. The van der Waals surface area contributed by atoms with E-state index < -0.39 is 0 Å². The molecule has 0 fully saturated rings. The van der Waals surface area contributed by atoms with Crippen molar-refractivity contribution >= 4 is 28.0 Å². The topological polar surface area (TPSA) is 56.8 Å². The Hall–Kier alpha value is -2.54. The van der Waals surface area contributed by atoms with Gasteiger partial charge in [0.2, 0.25) is 0 Å². The lowest BCUT2D eigenvalue weighted by atomic mass is 9.90. The normalized spacial score (nSPS) is 15.4. The molecule has 1 aliphatic rings. The first-order valence-corrected chi connectivity index (χ1v) is 12.6. The summed E-state index contributed by atoms with van der Waals surface area (Å²) in [6.45, 7) is 8.09. The fourth-order valence-electron chi connectivity index (χ4n) is 4.99. The maximum Gasteiger partial charge on any atom is 0.121 e. The molecule has 0 saturated carbocycles. The number of benzene rings is 2. The predicted molar refractivity (Wildman–Crippen MR) is 149 cm³/mol. The Kier molecular flexibility index (Phi) is 8.71. The average molecular weight is 535 g/mol. The predicted octanol–water partition coefficient (Wildman–Crippen LogP) is 6.36. The molecule has 184 valence electrons. The van der Waals surface area contributed by atoms with E-state index in [1.165, 1.54) is 28.8 Å². The number of fused-ring (bicyclic) bond motifs is 2. The minimum Gasteiger partial charge on any atom is -0.341 e. The Morgan fingerprint density at radius 3 is 2.60 bits per heavy atom. The molecule has 2 aromatic heterocycles. The van der Waals surface area contributed by atoms with Crippen molar-refractivity contribution in [2.75, 3.05) is 6.54 Å². The van der Waals surface area contributed by atoms with Gasteiger partial charge >= 0.3 is 0 Å². The quantitative estimate of drug-likeness (QED) is 0.262. The lowest BCUT2D eigenvalue weighted by Crippen LogP contribution is -2.31. The van der Waals surface area contributed by atoms with Crippen LogP contribution in [-0.4, -0.2) is 26.4 Å². The number of halogens is 1. The lowest BCUT2D eigenvalue weighted by Gasteiger charge is -2.34. The molecule has 6 heteroatoms. The molecule has 0 saturated heterocycles. The SMILES string of the molecule is Br.CC(C)CNCc1ccc(CN(Cc2nc3ccccc3[nH]2)C2CCCc3cccnc32)cc1. The molecule has 0 amide bonds. The zero-order valence-electron chi connectivity index (χ0n) is 20.7. The van der Waals surface area contributed by atoms with E-state index in [4.69, 9.17) is 9.97 Å². The number of imidazole rings is 1. The standard InChI is InChI=1S/C29H35N5.BrH/c1-21(2)17-30-18-22-12-14-23(15-13-22)19-34(20-28-32-25-9-3-4-10-26(25)33-28)27-11-5-7-24-8-6-16-31-29(24)27;/h3-4,6,8-10,12-16,21,27,30H,5,7,11,17-20H2,1-2H3,(H,32,33);1H. The zero-order valence-corrected chi connectivity index (χ0v) is 22.4. The van der Waals surface area contributed by atoms with Gasteiger partial charge in [-0.15, -0.1) is 17.0 Å². The summed E-state index contributed by atoms with van der Waals surface area (Å²) in [4.78, 5) is 15.8. The van der Waals surface area contributed by atoms with E-state index in [1.807, 2.05) is 12.3 Å². The number of pyridine rings is 1. The van der Waals surface area contributed by atoms with Crippen molar-refractivity contribution in [2.24, 2.45) is 5.92 Å². The van der Waals surface area contributed by atoms with E-state index in [0.29, 0.717) is 12.0 Å². The van der Waals surface area contributed by atoms with Crippen LogP contribution in [0, 0.1) is 5.92 Å². The molecule has 0 spiro atoms. The van der Waals surface area contributed by atoms with Crippen molar-refractivity contribution in [3.8, 4) is 0 Å². The number of hydrogen-bond donors (Lipinski definition) is 2. The first-order chi connectivity index (χ1) is 16.7. The number of hydrogen-bond acceptors (Lipinski definition) is 4. The third-order valence-electron chi connectivity index (χ3n) is 6.69. The van der Waals surface area contributed by atoms with Gasteiger partial charge < -0.3 is 10.3 Å². The van der Waals surface area contributed by atoms with Crippen LogP contribution in [0.5, 0.6) is 0 Å². The van der Waals surface area contributed by atoms with E-state index in [2.05, 4.69) is 83.6 Å². The number of nitrogens with one attached hydrogen (secondary N) is 2. The first kappa shape index (κ1) is 25.5. The third-order valence-corrected chi connectivity index (χ3v) is 6.69. The van der Waals surface area contributed by atoms with Crippen LogP contribution in [0.1, 0.15) is 60.9 Å². The molecule has 35 heavy (non-hydrogen) atoms. The van der Waals surface area contributed by atoms with Crippen molar-refractivity contribution in [1.82, 2.24) is 25.2 Å². The van der Waals surface area contributed by atoms with Gasteiger partial charge in [-0.05, 0) is 66.6 Å². The van der Waals surface area contributed by atoms with Crippen molar-refractivity contribution in [1.29, 1.82) is 0 Å². The van der Waals surface area contributed by atoms with Gasteiger partial charge in [-0.3, -0.25) is 9.88 Å². The summed E-state index contributed by atoms with van der Waals surface area (Å²) in [6, 6.07) is 22.0. The Morgan fingerprint density at radius 1 is 1.00 bits per heavy atom. The van der Waals surface area contributed by atoms with Crippen LogP contribution in [0.4, 0.5) is 0 Å². The lowest BCUT2D eigenvalue weighted by molar-refractivity contribution is 0.153. The molecule has 1 aliphatic carbocycles. The smallest absolute Gasteiger partial charge is 0.121 e. The Balaban J connectivity index is 0.00000289. The van der Waals surface area contributed by atoms with Gasteiger partial charge in [0.25, 0.3) is 0 Å². The molecule has 0 aliphatic heterocycles. The van der Waals surface area contributed by atoms with E-state index >= 15 is 0 Å². The summed E-state index contributed by atoms with van der Waals surface area (Å²) in [5.41, 5.74) is 7.40. The molecule has 2 heterocycles. The highest BCUT2D eigenvalue weighted by Crippen LogP contribution is 2.34. The van der Waals surface area contributed by atoms with Crippen LogP contribution in [0.15, 0.2) is 66.9 Å². The van der Waals surface area contributed by atoms with Crippen LogP contribution < -0.4 is 5.32 Å². The zero-order chi connectivity index (χ0) is 23.3. The Morgan fingerprint density at radius 2 is 1.80 bits per heavy atom. The second-order valence-corrected chi connectivity index (χ2v) is 9.90. The number of nitrogens with zero attached hydrogens (tertiary/aromatic N) is 3. The molecule has 1 atom stereocenters. The molecule has 2 N–H and O–H groups in total. The van der Waals surface area contributed by atoms with Crippen LogP contribution in [0.2, 0.25) is 0 Å². The largest absolute Gasteiger partial charge is 0.341 e. The van der Waals surface area contributed by atoms with Gasteiger partial charge in [0.1, 0.15) is 5.82 Å². The Bertz CT molecular complexity index is 1180. The summed E-state index contributed by atoms with van der Waals surface area (Å²) in [5.74, 6) is 1.68. The maximum absolute atomic E-state index is 4.88. The monoisotopic (exact) mass is 533 g/mol. The van der Waals surface area contributed by atoms with Crippen LogP contribution >= 0.6 is 17.0 Å². The van der Waals surface area contributed by atoms with E-state index in [0.717, 1.165) is 55.9 Å². The van der Waals surface area contributed by atoms with Crippen molar-refractivity contribution < 1.29 is 0 Å². The van der Waals surface area contributed by atoms with Crippen LogP contribution in [0.25, 0.3) is 11.0 Å². The summed E-state index contributed by atoms with van der Waals surface area (Å²) >= 11 is 0. The fraction of sp³-hybridized carbons (Fsp3) is 0.379. The number of rotatable bonds is 9. The third kappa shape index (κ3) is 6.37. The van der Waals surface area contributed by atoms with Crippen LogP contribution in [0.3, 0.4) is 0 Å². The summed E-state index contributed by atoms with van der Waals surface area (Å²) < 4.78 is 0. The molecule has 5 nitrogen and oxygen atoms in total. The minimum atomic E-state index is 0. The highest BCUT2D eigenvalue weighted by Gasteiger charge is 2.28. The molecule has 0 radical (unpaired) electrons. The van der Waals surface area contributed by atoms with Gasteiger partial charge in [-0.2, -0.15) is 0 Å². The second-order valence-electron chi connectivity index (χ2n) is 9.90. The van der Waals surface area contributed by atoms with Gasteiger partial charge in [0, 0.05) is 19.3 Å². The van der Waals surface area contributed by atoms with Gasteiger partial charge in [0.05, 0.1) is 29.3 Å². The van der Waals surface area contributed by atoms with E-state index in [9.17, 15) is 0 Å².